The first-order chi connectivity index (χ1) is 10.0. The predicted octanol–water partition coefficient (Wildman–Crippen LogP) is 2.92. The number of hydrogen-bond donors (Lipinski definition) is 2. The van der Waals surface area contributed by atoms with E-state index in [-0.39, 0.29) is 5.84 Å². The minimum Gasteiger partial charge on any atom is -0.497 e. The fourth-order valence-electron chi connectivity index (χ4n) is 2.32. The van der Waals surface area contributed by atoms with E-state index in [2.05, 4.69) is 17.0 Å². The van der Waals surface area contributed by atoms with Crippen molar-refractivity contribution >= 4 is 11.5 Å². The molecule has 0 amide bonds. The zero-order valence-corrected chi connectivity index (χ0v) is 12.7. The summed E-state index contributed by atoms with van der Waals surface area (Å²) >= 11 is 0. The first-order valence-corrected chi connectivity index (χ1v) is 6.80. The van der Waals surface area contributed by atoms with Crippen molar-refractivity contribution < 1.29 is 4.74 Å². The summed E-state index contributed by atoms with van der Waals surface area (Å²) in [5, 5.41) is 7.71. The quantitative estimate of drug-likeness (QED) is 0.655. The van der Waals surface area contributed by atoms with Gasteiger partial charge in [-0.05, 0) is 42.3 Å². The highest BCUT2D eigenvalue weighted by molar-refractivity contribution is 6.00. The predicted molar refractivity (Wildman–Crippen MR) is 87.3 cm³/mol. The number of ether oxygens (including phenoxy) is 1. The molecule has 2 aromatic rings. The van der Waals surface area contributed by atoms with Gasteiger partial charge in [-0.3, -0.25) is 5.41 Å². The Hall–Kier alpha value is -2.49. The summed E-state index contributed by atoms with van der Waals surface area (Å²) in [6, 6.07) is 13.9. The molecule has 0 saturated carbocycles. The number of nitrogens with one attached hydrogen (secondary N) is 1. The Morgan fingerprint density at radius 1 is 1.24 bits per heavy atom. The van der Waals surface area contributed by atoms with Crippen molar-refractivity contribution in [3.63, 3.8) is 0 Å². The highest BCUT2D eigenvalue weighted by atomic mass is 16.5. The van der Waals surface area contributed by atoms with Gasteiger partial charge in [0.25, 0.3) is 0 Å². The molecule has 0 aliphatic carbocycles. The zero-order valence-electron chi connectivity index (χ0n) is 12.7. The summed E-state index contributed by atoms with van der Waals surface area (Å²) in [5.41, 5.74) is 9.69. The van der Waals surface area contributed by atoms with Crippen molar-refractivity contribution in [2.24, 2.45) is 5.73 Å². The smallest absolute Gasteiger partial charge is 0.124 e. The third-order valence-electron chi connectivity index (χ3n) is 3.41. The molecule has 2 rings (SSSR count). The Kier molecular flexibility index (Phi) is 4.48. The average Bonchev–Trinajstić information content (AvgIpc) is 2.47. The van der Waals surface area contributed by atoms with E-state index < -0.39 is 0 Å². The molecule has 2 aromatic carbocycles. The van der Waals surface area contributed by atoms with E-state index in [1.54, 1.807) is 7.11 Å². The molecule has 0 saturated heterocycles. The Bertz CT molecular complexity index is 652. The SMILES string of the molecule is COc1cccc(CN(C)c2cc(C)ccc2C(=N)N)c1. The highest BCUT2D eigenvalue weighted by Gasteiger charge is 2.11. The summed E-state index contributed by atoms with van der Waals surface area (Å²) in [7, 11) is 3.66. The average molecular weight is 283 g/mol. The van der Waals surface area contributed by atoms with E-state index in [9.17, 15) is 0 Å². The van der Waals surface area contributed by atoms with Crippen LogP contribution in [-0.4, -0.2) is 20.0 Å². The molecule has 0 spiro atoms. The van der Waals surface area contributed by atoms with Gasteiger partial charge in [-0.2, -0.15) is 0 Å². The van der Waals surface area contributed by atoms with Crippen molar-refractivity contribution in [3.8, 4) is 5.75 Å². The first-order valence-electron chi connectivity index (χ1n) is 6.80. The lowest BCUT2D eigenvalue weighted by Crippen LogP contribution is -2.22. The number of anilines is 1. The summed E-state index contributed by atoms with van der Waals surface area (Å²) in [6.45, 7) is 2.76. The van der Waals surface area contributed by atoms with Gasteiger partial charge in [-0.1, -0.05) is 18.2 Å². The number of aryl methyl sites for hydroxylation is 1. The van der Waals surface area contributed by atoms with Crippen LogP contribution in [0, 0.1) is 12.3 Å². The fraction of sp³-hybridized carbons (Fsp3) is 0.235. The number of nitrogens with two attached hydrogens (primary N) is 1. The molecule has 21 heavy (non-hydrogen) atoms. The molecule has 0 unspecified atom stereocenters. The lowest BCUT2D eigenvalue weighted by Gasteiger charge is -2.23. The Morgan fingerprint density at radius 3 is 2.67 bits per heavy atom. The fourth-order valence-corrected chi connectivity index (χ4v) is 2.32. The molecular weight excluding hydrogens is 262 g/mol. The molecular formula is C17H21N3O. The number of amidine groups is 1. The number of rotatable bonds is 5. The van der Waals surface area contributed by atoms with Gasteiger partial charge in [0.2, 0.25) is 0 Å². The van der Waals surface area contributed by atoms with Gasteiger partial charge >= 0.3 is 0 Å². The summed E-state index contributed by atoms with van der Waals surface area (Å²) < 4.78 is 5.25. The molecule has 0 radical (unpaired) electrons. The topological polar surface area (TPSA) is 62.3 Å². The maximum absolute atomic E-state index is 7.71. The van der Waals surface area contributed by atoms with Crippen molar-refractivity contribution in [2.75, 3.05) is 19.1 Å². The molecule has 0 atom stereocenters. The molecule has 4 nitrogen and oxygen atoms in total. The number of nitrogen functional groups attached to an aromatic ring is 1. The van der Waals surface area contributed by atoms with Crippen molar-refractivity contribution in [1.82, 2.24) is 0 Å². The Balaban J connectivity index is 2.29. The maximum Gasteiger partial charge on any atom is 0.124 e. The zero-order chi connectivity index (χ0) is 15.4. The van der Waals surface area contributed by atoms with Gasteiger partial charge in [0.1, 0.15) is 11.6 Å². The number of benzene rings is 2. The standard InChI is InChI=1S/C17H21N3O/c1-12-7-8-15(17(18)19)16(9-12)20(2)11-13-5-4-6-14(10-13)21-3/h4-10H,11H2,1-3H3,(H3,18,19). The second kappa shape index (κ2) is 6.31. The van der Waals surface area contributed by atoms with E-state index in [1.165, 1.54) is 0 Å². The Morgan fingerprint density at radius 2 is 2.00 bits per heavy atom. The molecule has 110 valence electrons. The second-order valence-electron chi connectivity index (χ2n) is 5.14. The lowest BCUT2D eigenvalue weighted by molar-refractivity contribution is 0.414. The molecule has 0 aliphatic heterocycles. The normalized spacial score (nSPS) is 10.2. The van der Waals surface area contributed by atoms with Crippen LogP contribution in [0.2, 0.25) is 0 Å². The minimum absolute atomic E-state index is 0.0856. The third kappa shape index (κ3) is 3.54. The van der Waals surface area contributed by atoms with Crippen molar-refractivity contribution in [2.45, 2.75) is 13.5 Å². The van der Waals surface area contributed by atoms with E-state index in [0.717, 1.165) is 34.7 Å². The molecule has 0 fully saturated rings. The van der Waals surface area contributed by atoms with Crippen LogP contribution in [-0.2, 0) is 6.54 Å². The van der Waals surface area contributed by atoms with E-state index in [0.29, 0.717) is 0 Å². The summed E-state index contributed by atoms with van der Waals surface area (Å²) in [6.07, 6.45) is 0. The molecule has 3 N–H and O–H groups in total. The van der Waals surface area contributed by atoms with Crippen LogP contribution in [0.25, 0.3) is 0 Å². The minimum atomic E-state index is 0.0856. The molecule has 0 heterocycles. The Labute approximate surface area is 125 Å². The second-order valence-corrected chi connectivity index (χ2v) is 5.14. The van der Waals surface area contributed by atoms with Gasteiger partial charge in [0.05, 0.1) is 7.11 Å². The van der Waals surface area contributed by atoms with E-state index in [4.69, 9.17) is 15.9 Å². The van der Waals surface area contributed by atoms with Gasteiger partial charge in [0.15, 0.2) is 0 Å². The van der Waals surface area contributed by atoms with Crippen LogP contribution in [0.4, 0.5) is 5.69 Å². The lowest BCUT2D eigenvalue weighted by atomic mass is 10.1. The van der Waals surface area contributed by atoms with Crippen molar-refractivity contribution in [3.05, 3.63) is 59.2 Å². The summed E-state index contributed by atoms with van der Waals surface area (Å²) in [4.78, 5) is 2.10. The number of methoxy groups -OCH3 is 1. The van der Waals surface area contributed by atoms with Gasteiger partial charge in [0, 0.05) is 24.8 Å². The van der Waals surface area contributed by atoms with Crippen LogP contribution >= 0.6 is 0 Å². The third-order valence-corrected chi connectivity index (χ3v) is 3.41. The van der Waals surface area contributed by atoms with Crippen LogP contribution in [0.3, 0.4) is 0 Å². The highest BCUT2D eigenvalue weighted by Crippen LogP contribution is 2.23. The van der Waals surface area contributed by atoms with Crippen LogP contribution < -0.4 is 15.4 Å². The number of nitrogens with zero attached hydrogens (tertiary/aromatic N) is 1. The molecule has 0 aliphatic rings. The van der Waals surface area contributed by atoms with Gasteiger partial charge < -0.3 is 15.4 Å². The van der Waals surface area contributed by atoms with E-state index >= 15 is 0 Å². The van der Waals surface area contributed by atoms with Crippen LogP contribution in [0.5, 0.6) is 5.75 Å². The van der Waals surface area contributed by atoms with Crippen LogP contribution in [0.1, 0.15) is 16.7 Å². The molecule has 4 heteroatoms. The van der Waals surface area contributed by atoms with Crippen LogP contribution in [0.15, 0.2) is 42.5 Å². The van der Waals surface area contributed by atoms with E-state index in [1.807, 2.05) is 44.3 Å². The summed E-state index contributed by atoms with van der Waals surface area (Å²) in [5.74, 6) is 0.930. The first kappa shape index (κ1) is 14.9. The molecule has 0 bridgehead atoms. The monoisotopic (exact) mass is 283 g/mol. The number of hydrogen-bond acceptors (Lipinski definition) is 3. The largest absolute Gasteiger partial charge is 0.497 e. The van der Waals surface area contributed by atoms with Crippen molar-refractivity contribution in [1.29, 1.82) is 5.41 Å². The maximum atomic E-state index is 7.71. The van der Waals surface area contributed by atoms with Gasteiger partial charge in [-0.25, -0.2) is 0 Å². The molecule has 0 aromatic heterocycles. The van der Waals surface area contributed by atoms with Gasteiger partial charge in [-0.15, -0.1) is 0 Å².